The van der Waals surface area contributed by atoms with E-state index in [4.69, 9.17) is 4.74 Å². The lowest BCUT2D eigenvalue weighted by molar-refractivity contribution is 0.416. The zero-order valence-corrected chi connectivity index (χ0v) is 11.8. The van der Waals surface area contributed by atoms with Crippen LogP contribution in [0, 0.1) is 5.82 Å². The van der Waals surface area contributed by atoms with Crippen LogP contribution in [0.15, 0.2) is 29.9 Å². The van der Waals surface area contributed by atoms with E-state index in [0.717, 1.165) is 23.6 Å². The minimum Gasteiger partial charge on any atom is -0.496 e. The highest BCUT2D eigenvalue weighted by Crippen LogP contribution is 2.31. The van der Waals surface area contributed by atoms with Gasteiger partial charge >= 0.3 is 0 Å². The van der Waals surface area contributed by atoms with Crippen LogP contribution in [0.3, 0.4) is 0 Å². The molecule has 2 rings (SSSR count). The second-order valence-electron chi connectivity index (χ2n) is 4.17. The molecule has 1 N–H and O–H groups in total. The van der Waals surface area contributed by atoms with Gasteiger partial charge in [-0.3, -0.25) is 4.98 Å². The molecule has 3 nitrogen and oxygen atoms in total. The molecule has 0 aliphatic heterocycles. The second kappa shape index (κ2) is 6.63. The van der Waals surface area contributed by atoms with Crippen LogP contribution in [-0.2, 0) is 0 Å². The van der Waals surface area contributed by atoms with Crippen molar-refractivity contribution in [2.45, 2.75) is 19.4 Å². The van der Waals surface area contributed by atoms with Crippen molar-refractivity contribution in [3.05, 3.63) is 46.2 Å². The fraction of sp³-hybridized carbons (Fsp3) is 0.357. The van der Waals surface area contributed by atoms with Gasteiger partial charge in [0.1, 0.15) is 11.6 Å². The van der Waals surface area contributed by atoms with E-state index < -0.39 is 0 Å². The largest absolute Gasteiger partial charge is 0.496 e. The van der Waals surface area contributed by atoms with Crippen molar-refractivity contribution >= 4 is 11.3 Å². The van der Waals surface area contributed by atoms with Crippen molar-refractivity contribution in [1.82, 2.24) is 10.3 Å². The number of hydrogen-bond donors (Lipinski definition) is 1. The average molecular weight is 280 g/mol. The van der Waals surface area contributed by atoms with Crippen molar-refractivity contribution in [1.29, 1.82) is 0 Å². The smallest absolute Gasteiger partial charge is 0.146 e. The zero-order chi connectivity index (χ0) is 13.7. The number of nitrogens with one attached hydrogen (secondary N) is 1. The normalized spacial score (nSPS) is 12.4. The van der Waals surface area contributed by atoms with Crippen molar-refractivity contribution in [3.63, 3.8) is 0 Å². The standard InChI is InChI=1S/C14H17FN2OS/c1-3-5-17-14(11-4-6-16-8-12(11)15)13-7-10(18-2)9-19-13/h4,6-9,14,17H,3,5H2,1-2H3. The minimum absolute atomic E-state index is 0.156. The monoisotopic (exact) mass is 280 g/mol. The van der Waals surface area contributed by atoms with E-state index in [-0.39, 0.29) is 11.9 Å². The Morgan fingerprint density at radius 1 is 1.53 bits per heavy atom. The van der Waals surface area contributed by atoms with Crippen LogP contribution in [0.5, 0.6) is 5.75 Å². The summed E-state index contributed by atoms with van der Waals surface area (Å²) >= 11 is 1.56. The Balaban J connectivity index is 2.32. The molecule has 1 atom stereocenters. The summed E-state index contributed by atoms with van der Waals surface area (Å²) in [6, 6.07) is 3.50. The number of rotatable bonds is 6. The van der Waals surface area contributed by atoms with Gasteiger partial charge in [-0.15, -0.1) is 11.3 Å². The maximum atomic E-state index is 13.9. The summed E-state index contributed by atoms with van der Waals surface area (Å²) in [5.74, 6) is 0.515. The number of pyridine rings is 1. The van der Waals surface area contributed by atoms with Gasteiger partial charge in [-0.05, 0) is 25.1 Å². The molecule has 102 valence electrons. The van der Waals surface area contributed by atoms with E-state index in [1.807, 2.05) is 11.4 Å². The fourth-order valence-electron chi connectivity index (χ4n) is 1.87. The van der Waals surface area contributed by atoms with Crippen LogP contribution in [-0.4, -0.2) is 18.6 Å². The lowest BCUT2D eigenvalue weighted by Gasteiger charge is -2.17. The molecular weight excluding hydrogens is 263 g/mol. The van der Waals surface area contributed by atoms with Gasteiger partial charge in [-0.2, -0.15) is 0 Å². The number of ether oxygens (including phenoxy) is 1. The molecule has 0 aromatic carbocycles. The van der Waals surface area contributed by atoms with E-state index in [0.29, 0.717) is 5.56 Å². The van der Waals surface area contributed by atoms with Crippen LogP contribution in [0.1, 0.15) is 29.8 Å². The zero-order valence-electron chi connectivity index (χ0n) is 11.0. The van der Waals surface area contributed by atoms with Crippen LogP contribution in [0.4, 0.5) is 4.39 Å². The van der Waals surface area contributed by atoms with Crippen LogP contribution in [0.2, 0.25) is 0 Å². The lowest BCUT2D eigenvalue weighted by Crippen LogP contribution is -2.23. The molecular formula is C14H17FN2OS. The third-order valence-corrected chi connectivity index (χ3v) is 3.81. The lowest BCUT2D eigenvalue weighted by atomic mass is 10.1. The summed E-state index contributed by atoms with van der Waals surface area (Å²) in [6.07, 6.45) is 3.86. The van der Waals surface area contributed by atoms with Crippen LogP contribution < -0.4 is 10.1 Å². The number of methoxy groups -OCH3 is 1. The number of hydrogen-bond acceptors (Lipinski definition) is 4. The summed E-state index contributed by atoms with van der Waals surface area (Å²) in [5, 5.41) is 5.29. The molecule has 2 aromatic heterocycles. The first-order chi connectivity index (χ1) is 9.26. The van der Waals surface area contributed by atoms with E-state index in [1.54, 1.807) is 30.7 Å². The quantitative estimate of drug-likeness (QED) is 0.881. The number of halogens is 1. The Labute approximate surface area is 116 Å². The van der Waals surface area contributed by atoms with Gasteiger partial charge in [0.25, 0.3) is 0 Å². The predicted octanol–water partition coefficient (Wildman–Crippen LogP) is 3.38. The Bertz CT molecular complexity index is 530. The molecule has 19 heavy (non-hydrogen) atoms. The van der Waals surface area contributed by atoms with Gasteiger partial charge < -0.3 is 10.1 Å². The molecule has 0 fully saturated rings. The molecule has 2 heterocycles. The highest BCUT2D eigenvalue weighted by molar-refractivity contribution is 7.10. The average Bonchev–Trinajstić information content (AvgIpc) is 2.90. The van der Waals surface area contributed by atoms with E-state index in [1.165, 1.54) is 6.20 Å². The fourth-order valence-corrected chi connectivity index (χ4v) is 2.81. The molecule has 0 spiro atoms. The third kappa shape index (κ3) is 3.30. The maximum Gasteiger partial charge on any atom is 0.146 e. The van der Waals surface area contributed by atoms with Crippen LogP contribution in [0.25, 0.3) is 0 Å². The first-order valence-electron chi connectivity index (χ1n) is 6.21. The number of thiophene rings is 1. The number of aromatic nitrogens is 1. The van der Waals surface area contributed by atoms with Crippen LogP contribution >= 0.6 is 11.3 Å². The third-order valence-electron chi connectivity index (χ3n) is 2.83. The van der Waals surface area contributed by atoms with Crippen molar-refractivity contribution in [2.75, 3.05) is 13.7 Å². The second-order valence-corrected chi connectivity index (χ2v) is 5.12. The number of nitrogens with zero attached hydrogens (tertiary/aromatic N) is 1. The molecule has 0 saturated carbocycles. The topological polar surface area (TPSA) is 34.1 Å². The SMILES string of the molecule is CCCNC(c1cc(OC)cs1)c1ccncc1F. The van der Waals surface area contributed by atoms with Gasteiger partial charge in [0.2, 0.25) is 0 Å². The molecule has 1 unspecified atom stereocenters. The van der Waals surface area contributed by atoms with E-state index in [2.05, 4.69) is 17.2 Å². The summed E-state index contributed by atoms with van der Waals surface area (Å²) in [7, 11) is 1.63. The summed E-state index contributed by atoms with van der Waals surface area (Å²) in [6.45, 7) is 2.91. The van der Waals surface area contributed by atoms with Crippen molar-refractivity contribution < 1.29 is 9.13 Å². The predicted molar refractivity (Wildman–Crippen MR) is 75.2 cm³/mol. The van der Waals surface area contributed by atoms with E-state index >= 15 is 0 Å². The molecule has 5 heteroatoms. The molecule has 0 saturated heterocycles. The molecule has 0 aliphatic rings. The minimum atomic E-state index is -0.288. The summed E-state index contributed by atoms with van der Waals surface area (Å²) in [5.41, 5.74) is 0.618. The highest BCUT2D eigenvalue weighted by atomic mass is 32.1. The van der Waals surface area contributed by atoms with Gasteiger partial charge in [0.05, 0.1) is 19.3 Å². The first-order valence-corrected chi connectivity index (χ1v) is 7.09. The van der Waals surface area contributed by atoms with E-state index in [9.17, 15) is 4.39 Å². The summed E-state index contributed by atoms with van der Waals surface area (Å²) < 4.78 is 19.1. The van der Waals surface area contributed by atoms with Gasteiger partial charge in [0, 0.05) is 22.0 Å². The Morgan fingerprint density at radius 3 is 3.00 bits per heavy atom. The highest BCUT2D eigenvalue weighted by Gasteiger charge is 2.19. The Morgan fingerprint density at radius 2 is 2.37 bits per heavy atom. The maximum absolute atomic E-state index is 13.9. The van der Waals surface area contributed by atoms with Gasteiger partial charge in [0.15, 0.2) is 0 Å². The molecule has 0 bridgehead atoms. The van der Waals surface area contributed by atoms with Gasteiger partial charge in [-0.1, -0.05) is 6.92 Å². The molecule has 0 aliphatic carbocycles. The molecule has 0 amide bonds. The molecule has 2 aromatic rings. The van der Waals surface area contributed by atoms with Crippen molar-refractivity contribution in [2.24, 2.45) is 0 Å². The molecule has 0 radical (unpaired) electrons. The first kappa shape index (κ1) is 14.0. The Hall–Kier alpha value is -1.46. The van der Waals surface area contributed by atoms with Gasteiger partial charge in [-0.25, -0.2) is 4.39 Å². The Kier molecular flexibility index (Phi) is 4.87. The summed E-state index contributed by atoms with van der Waals surface area (Å²) in [4.78, 5) is 4.84. The van der Waals surface area contributed by atoms with Crippen molar-refractivity contribution in [3.8, 4) is 5.75 Å².